The number of amides is 1. The molecule has 1 aliphatic carbocycles. The van der Waals surface area contributed by atoms with Crippen LogP contribution in [0.1, 0.15) is 35.7 Å². The third-order valence-electron chi connectivity index (χ3n) is 3.83. The standard InChI is InChI=1S/C15H19NO4/c1-15(20-2)9-12(15)16-13(17)8-5-10-3-6-11(7-4-10)14(18)19/h3-4,6-7,12H,5,8-9H2,1-2H3,(H,16,17)(H,18,19)/t12-,15+/m1/s1. The highest BCUT2D eigenvalue weighted by Crippen LogP contribution is 2.38. The number of carboxylic acid groups (broad SMARTS) is 1. The third kappa shape index (κ3) is 3.36. The highest BCUT2D eigenvalue weighted by Gasteiger charge is 2.51. The molecule has 1 amide bonds. The van der Waals surface area contributed by atoms with E-state index in [0.29, 0.717) is 12.8 Å². The van der Waals surface area contributed by atoms with Gasteiger partial charge >= 0.3 is 5.97 Å². The molecule has 1 aliphatic rings. The quantitative estimate of drug-likeness (QED) is 0.828. The monoisotopic (exact) mass is 277 g/mol. The first kappa shape index (κ1) is 14.5. The molecule has 0 unspecified atom stereocenters. The minimum absolute atomic E-state index is 0.00177. The maximum absolute atomic E-state index is 11.8. The molecule has 2 rings (SSSR count). The second-order valence-corrected chi connectivity index (χ2v) is 5.34. The molecule has 5 nitrogen and oxygen atoms in total. The van der Waals surface area contributed by atoms with Gasteiger partial charge in [0.05, 0.1) is 17.2 Å². The number of aryl methyl sites for hydroxylation is 1. The fourth-order valence-electron chi connectivity index (χ4n) is 2.11. The van der Waals surface area contributed by atoms with Crippen molar-refractivity contribution in [1.82, 2.24) is 5.32 Å². The summed E-state index contributed by atoms with van der Waals surface area (Å²) in [5.41, 5.74) is 1.00. The molecule has 0 spiro atoms. The number of carbonyl (C=O) groups is 2. The minimum atomic E-state index is -0.943. The molecule has 0 heterocycles. The maximum Gasteiger partial charge on any atom is 0.335 e. The first-order valence-corrected chi connectivity index (χ1v) is 6.61. The van der Waals surface area contributed by atoms with Crippen LogP contribution in [-0.4, -0.2) is 35.7 Å². The van der Waals surface area contributed by atoms with Crippen molar-refractivity contribution in [2.45, 2.75) is 37.8 Å². The summed E-state index contributed by atoms with van der Waals surface area (Å²) < 4.78 is 5.29. The van der Waals surface area contributed by atoms with Gasteiger partial charge in [-0.3, -0.25) is 4.79 Å². The maximum atomic E-state index is 11.8. The molecule has 0 saturated heterocycles. The number of hydrogen-bond donors (Lipinski definition) is 2. The molecule has 108 valence electrons. The average Bonchev–Trinajstić information content (AvgIpc) is 3.08. The van der Waals surface area contributed by atoms with Crippen molar-refractivity contribution in [3.8, 4) is 0 Å². The van der Waals surface area contributed by atoms with Crippen molar-refractivity contribution in [3.63, 3.8) is 0 Å². The predicted molar refractivity (Wildman–Crippen MR) is 73.7 cm³/mol. The van der Waals surface area contributed by atoms with Crippen LogP contribution < -0.4 is 5.32 Å². The van der Waals surface area contributed by atoms with Crippen molar-refractivity contribution >= 4 is 11.9 Å². The number of benzene rings is 1. The lowest BCUT2D eigenvalue weighted by atomic mass is 10.1. The summed E-state index contributed by atoms with van der Waals surface area (Å²) in [5.74, 6) is -0.944. The Hall–Kier alpha value is -1.88. The first-order valence-electron chi connectivity index (χ1n) is 6.61. The Balaban J connectivity index is 1.78. The molecular weight excluding hydrogens is 258 g/mol. The van der Waals surface area contributed by atoms with Crippen molar-refractivity contribution < 1.29 is 19.4 Å². The molecule has 1 aromatic rings. The van der Waals surface area contributed by atoms with Crippen LogP contribution >= 0.6 is 0 Å². The van der Waals surface area contributed by atoms with Crippen LogP contribution in [0, 0.1) is 0 Å². The van der Waals surface area contributed by atoms with Crippen LogP contribution in [0.15, 0.2) is 24.3 Å². The average molecular weight is 277 g/mol. The van der Waals surface area contributed by atoms with Crippen LogP contribution in [-0.2, 0) is 16.0 Å². The molecule has 2 atom stereocenters. The summed E-state index contributed by atoms with van der Waals surface area (Å²) in [6.45, 7) is 1.97. The van der Waals surface area contributed by atoms with E-state index in [2.05, 4.69) is 5.32 Å². The Labute approximate surface area is 117 Å². The molecular formula is C15H19NO4. The number of nitrogens with one attached hydrogen (secondary N) is 1. The molecule has 1 fully saturated rings. The normalized spacial score (nSPS) is 24.2. The van der Waals surface area contributed by atoms with Crippen LogP contribution in [0.2, 0.25) is 0 Å². The Morgan fingerprint density at radius 3 is 2.55 bits per heavy atom. The topological polar surface area (TPSA) is 75.6 Å². The van der Waals surface area contributed by atoms with Gasteiger partial charge in [-0.1, -0.05) is 12.1 Å². The zero-order valence-electron chi connectivity index (χ0n) is 11.7. The smallest absolute Gasteiger partial charge is 0.335 e. The van der Waals surface area contributed by atoms with Gasteiger partial charge in [-0.15, -0.1) is 0 Å². The van der Waals surface area contributed by atoms with E-state index in [4.69, 9.17) is 9.84 Å². The highest BCUT2D eigenvalue weighted by atomic mass is 16.5. The Morgan fingerprint density at radius 2 is 2.05 bits per heavy atom. The number of methoxy groups -OCH3 is 1. The van der Waals surface area contributed by atoms with Gasteiger partial charge in [-0.25, -0.2) is 4.79 Å². The fraction of sp³-hybridized carbons (Fsp3) is 0.467. The molecule has 0 aromatic heterocycles. The minimum Gasteiger partial charge on any atom is -0.478 e. The number of rotatable bonds is 6. The van der Waals surface area contributed by atoms with E-state index in [0.717, 1.165) is 12.0 Å². The van der Waals surface area contributed by atoms with Gasteiger partial charge in [-0.05, 0) is 31.0 Å². The van der Waals surface area contributed by atoms with Gasteiger partial charge in [0.1, 0.15) is 0 Å². The van der Waals surface area contributed by atoms with Gasteiger partial charge in [0, 0.05) is 20.0 Å². The van der Waals surface area contributed by atoms with E-state index in [9.17, 15) is 9.59 Å². The number of carbonyl (C=O) groups excluding carboxylic acids is 1. The summed E-state index contributed by atoms with van der Waals surface area (Å²) in [6, 6.07) is 6.70. The number of carboxylic acids is 1. The predicted octanol–water partition coefficient (Wildman–Crippen LogP) is 1.61. The number of ether oxygens (including phenoxy) is 1. The van der Waals surface area contributed by atoms with Gasteiger partial charge in [0.15, 0.2) is 0 Å². The molecule has 2 N–H and O–H groups in total. The third-order valence-corrected chi connectivity index (χ3v) is 3.83. The second-order valence-electron chi connectivity index (χ2n) is 5.34. The van der Waals surface area contributed by atoms with E-state index >= 15 is 0 Å². The summed E-state index contributed by atoms with van der Waals surface area (Å²) in [5, 5.41) is 11.7. The largest absolute Gasteiger partial charge is 0.478 e. The number of hydrogen-bond acceptors (Lipinski definition) is 3. The van der Waals surface area contributed by atoms with Gasteiger partial charge < -0.3 is 15.2 Å². The zero-order valence-corrected chi connectivity index (χ0v) is 11.7. The van der Waals surface area contributed by atoms with E-state index in [1.807, 2.05) is 6.92 Å². The van der Waals surface area contributed by atoms with Crippen LogP contribution in [0.25, 0.3) is 0 Å². The molecule has 0 radical (unpaired) electrons. The lowest BCUT2D eigenvalue weighted by molar-refractivity contribution is -0.121. The van der Waals surface area contributed by atoms with Crippen LogP contribution in [0.5, 0.6) is 0 Å². The van der Waals surface area contributed by atoms with E-state index in [-0.39, 0.29) is 23.1 Å². The Morgan fingerprint density at radius 1 is 1.40 bits per heavy atom. The summed E-state index contributed by atoms with van der Waals surface area (Å²) >= 11 is 0. The van der Waals surface area contributed by atoms with E-state index < -0.39 is 5.97 Å². The van der Waals surface area contributed by atoms with Crippen molar-refractivity contribution in [2.75, 3.05) is 7.11 Å². The van der Waals surface area contributed by atoms with E-state index in [1.54, 1.807) is 31.4 Å². The lowest BCUT2D eigenvalue weighted by Crippen LogP contribution is -2.31. The number of aromatic carboxylic acids is 1. The van der Waals surface area contributed by atoms with Gasteiger partial charge in [0.25, 0.3) is 0 Å². The first-order chi connectivity index (χ1) is 9.44. The molecule has 5 heteroatoms. The highest BCUT2D eigenvalue weighted by molar-refractivity contribution is 5.87. The SMILES string of the molecule is CO[C@@]1(C)C[C@H]1NC(=O)CCc1ccc(C(=O)O)cc1. The van der Waals surface area contributed by atoms with E-state index in [1.165, 1.54) is 0 Å². The fourth-order valence-corrected chi connectivity index (χ4v) is 2.11. The van der Waals surface area contributed by atoms with Crippen LogP contribution in [0.3, 0.4) is 0 Å². The molecule has 0 aliphatic heterocycles. The molecule has 0 bridgehead atoms. The summed E-state index contributed by atoms with van der Waals surface area (Å²) in [7, 11) is 1.65. The Kier molecular flexibility index (Phi) is 4.09. The van der Waals surface area contributed by atoms with Crippen molar-refractivity contribution in [2.24, 2.45) is 0 Å². The lowest BCUT2D eigenvalue weighted by Gasteiger charge is -2.10. The van der Waals surface area contributed by atoms with Gasteiger partial charge in [0.2, 0.25) is 5.91 Å². The molecule has 1 saturated carbocycles. The van der Waals surface area contributed by atoms with Gasteiger partial charge in [-0.2, -0.15) is 0 Å². The van der Waals surface area contributed by atoms with Crippen molar-refractivity contribution in [1.29, 1.82) is 0 Å². The van der Waals surface area contributed by atoms with Crippen molar-refractivity contribution in [3.05, 3.63) is 35.4 Å². The molecule has 1 aromatic carbocycles. The second kappa shape index (κ2) is 5.63. The summed E-state index contributed by atoms with van der Waals surface area (Å²) in [6.07, 6.45) is 1.84. The summed E-state index contributed by atoms with van der Waals surface area (Å²) in [4.78, 5) is 22.5. The molecule has 20 heavy (non-hydrogen) atoms. The van der Waals surface area contributed by atoms with Crippen LogP contribution in [0.4, 0.5) is 0 Å². The zero-order chi connectivity index (χ0) is 14.8. The Bertz CT molecular complexity index is 511.